The van der Waals surface area contributed by atoms with Gasteiger partial charge in [0, 0.05) is 24.6 Å². The van der Waals surface area contributed by atoms with Crippen LogP contribution in [0.15, 0.2) is 66.1 Å². The highest BCUT2D eigenvalue weighted by molar-refractivity contribution is 7.99. The maximum Gasteiger partial charge on any atom is 0.319 e. The maximum atomic E-state index is 12.0. The molecule has 34 heavy (non-hydrogen) atoms. The van der Waals surface area contributed by atoms with Crippen LogP contribution in [-0.2, 0) is 14.9 Å². The van der Waals surface area contributed by atoms with E-state index in [9.17, 15) is 9.59 Å². The third kappa shape index (κ3) is 8.15. The van der Waals surface area contributed by atoms with Gasteiger partial charge in [-0.25, -0.2) is 14.8 Å². The quantitative estimate of drug-likeness (QED) is 0.199. The summed E-state index contributed by atoms with van der Waals surface area (Å²) in [6.45, 7) is 7.03. The Kier molecular flexibility index (Phi) is 8.98. The average Bonchev–Trinajstić information content (AvgIpc) is 2.83. The molecule has 2 aromatic heterocycles. The Labute approximate surface area is 204 Å². The van der Waals surface area contributed by atoms with Gasteiger partial charge in [-0.15, -0.1) is 0 Å². The van der Waals surface area contributed by atoms with Gasteiger partial charge in [-0.1, -0.05) is 50.7 Å². The van der Waals surface area contributed by atoms with Gasteiger partial charge in [0.05, 0.1) is 23.7 Å². The van der Waals surface area contributed by atoms with E-state index in [2.05, 4.69) is 46.4 Å². The van der Waals surface area contributed by atoms with Crippen molar-refractivity contribution < 1.29 is 14.3 Å². The van der Waals surface area contributed by atoms with Crippen molar-refractivity contribution in [3.8, 4) is 11.4 Å². The maximum absolute atomic E-state index is 12.0. The number of rotatable bonds is 9. The van der Waals surface area contributed by atoms with Gasteiger partial charge in [-0.05, 0) is 47.7 Å². The SMILES string of the molecule is CC(C)(C)c1ccc(NC(=O)NCCCOC(=O)CSc2nccc(-c3ccccn3)n2)cc1. The summed E-state index contributed by atoms with van der Waals surface area (Å²) in [6.07, 6.45) is 3.85. The molecule has 9 heteroatoms. The summed E-state index contributed by atoms with van der Waals surface area (Å²) < 4.78 is 5.22. The lowest BCUT2D eigenvalue weighted by molar-refractivity contribution is -0.140. The molecule has 0 aliphatic rings. The number of carbonyl (C=O) groups is 2. The molecule has 2 amide bonds. The van der Waals surface area contributed by atoms with Crippen LogP contribution >= 0.6 is 11.8 Å². The van der Waals surface area contributed by atoms with E-state index in [0.717, 1.165) is 11.4 Å². The van der Waals surface area contributed by atoms with Gasteiger partial charge in [-0.2, -0.15) is 0 Å². The lowest BCUT2D eigenvalue weighted by atomic mass is 9.87. The molecule has 0 bridgehead atoms. The van der Waals surface area contributed by atoms with E-state index in [-0.39, 0.29) is 29.8 Å². The molecule has 2 N–H and O–H groups in total. The molecule has 0 saturated carbocycles. The van der Waals surface area contributed by atoms with Crippen molar-refractivity contribution in [3.05, 3.63) is 66.5 Å². The second-order valence-corrected chi connectivity index (χ2v) is 9.45. The number of anilines is 1. The number of benzene rings is 1. The van der Waals surface area contributed by atoms with Crippen molar-refractivity contribution in [2.24, 2.45) is 0 Å². The van der Waals surface area contributed by atoms with Crippen molar-refractivity contribution in [2.45, 2.75) is 37.8 Å². The van der Waals surface area contributed by atoms with Gasteiger partial charge < -0.3 is 15.4 Å². The van der Waals surface area contributed by atoms with Crippen molar-refractivity contribution >= 4 is 29.4 Å². The number of ether oxygens (including phenoxy) is 1. The summed E-state index contributed by atoms with van der Waals surface area (Å²) >= 11 is 1.21. The number of amides is 2. The number of hydrogen-bond donors (Lipinski definition) is 2. The van der Waals surface area contributed by atoms with Crippen LogP contribution in [0.4, 0.5) is 10.5 Å². The van der Waals surface area contributed by atoms with Crippen LogP contribution in [0.1, 0.15) is 32.8 Å². The first kappa shape index (κ1) is 25.2. The van der Waals surface area contributed by atoms with E-state index >= 15 is 0 Å². The normalized spacial score (nSPS) is 11.0. The minimum absolute atomic E-state index is 0.0629. The number of nitrogens with zero attached hydrogens (tertiary/aromatic N) is 3. The third-order valence-electron chi connectivity index (χ3n) is 4.76. The average molecular weight is 480 g/mol. The molecular weight excluding hydrogens is 450 g/mol. The summed E-state index contributed by atoms with van der Waals surface area (Å²) in [4.78, 5) is 36.9. The lowest BCUT2D eigenvalue weighted by Crippen LogP contribution is -2.30. The number of carbonyl (C=O) groups excluding carboxylic acids is 2. The summed E-state index contributed by atoms with van der Waals surface area (Å²) in [6, 6.07) is 14.8. The number of thioether (sulfide) groups is 1. The molecule has 8 nitrogen and oxygen atoms in total. The fourth-order valence-corrected chi connectivity index (χ4v) is 3.55. The van der Waals surface area contributed by atoms with Crippen LogP contribution in [0.5, 0.6) is 0 Å². The Morgan fingerprint density at radius 1 is 0.971 bits per heavy atom. The third-order valence-corrected chi connectivity index (χ3v) is 5.59. The molecule has 3 rings (SSSR count). The van der Waals surface area contributed by atoms with E-state index in [1.165, 1.54) is 17.3 Å². The van der Waals surface area contributed by atoms with E-state index in [1.54, 1.807) is 18.5 Å². The Balaban J connectivity index is 1.31. The molecule has 0 radical (unpaired) electrons. The summed E-state index contributed by atoms with van der Waals surface area (Å²) in [5.74, 6) is -0.260. The summed E-state index contributed by atoms with van der Waals surface area (Å²) in [7, 11) is 0. The van der Waals surface area contributed by atoms with Gasteiger partial charge in [0.2, 0.25) is 0 Å². The topological polar surface area (TPSA) is 106 Å². The molecule has 3 aromatic rings. The second-order valence-electron chi connectivity index (χ2n) is 8.51. The minimum Gasteiger partial charge on any atom is -0.465 e. The highest BCUT2D eigenvalue weighted by Gasteiger charge is 2.13. The smallest absolute Gasteiger partial charge is 0.319 e. The van der Waals surface area contributed by atoms with Gasteiger partial charge >= 0.3 is 12.0 Å². The van der Waals surface area contributed by atoms with E-state index in [4.69, 9.17) is 4.74 Å². The predicted octanol–water partition coefficient (Wildman–Crippen LogP) is 4.68. The Bertz CT molecular complexity index is 1090. The van der Waals surface area contributed by atoms with Gasteiger partial charge in [-0.3, -0.25) is 9.78 Å². The zero-order valence-corrected chi connectivity index (χ0v) is 20.4. The molecule has 0 aliphatic carbocycles. The molecule has 1 aromatic carbocycles. The van der Waals surface area contributed by atoms with Crippen molar-refractivity contribution in [1.29, 1.82) is 0 Å². The van der Waals surface area contributed by atoms with Crippen LogP contribution < -0.4 is 10.6 Å². The molecule has 0 saturated heterocycles. The number of pyridine rings is 1. The first-order valence-electron chi connectivity index (χ1n) is 11.0. The predicted molar refractivity (Wildman–Crippen MR) is 134 cm³/mol. The molecule has 178 valence electrons. The molecular formula is C25H29N5O3S. The van der Waals surface area contributed by atoms with Crippen LogP contribution in [0.3, 0.4) is 0 Å². The summed E-state index contributed by atoms with van der Waals surface area (Å²) in [5, 5.41) is 6.03. The van der Waals surface area contributed by atoms with E-state index < -0.39 is 0 Å². The highest BCUT2D eigenvalue weighted by atomic mass is 32.2. The van der Waals surface area contributed by atoms with E-state index in [1.807, 2.05) is 42.5 Å². The number of hydrogen-bond acceptors (Lipinski definition) is 7. The monoisotopic (exact) mass is 479 g/mol. The largest absolute Gasteiger partial charge is 0.465 e. The van der Waals surface area contributed by atoms with Gasteiger partial charge in [0.1, 0.15) is 0 Å². The molecule has 0 spiro atoms. The van der Waals surface area contributed by atoms with Gasteiger partial charge in [0.25, 0.3) is 0 Å². The minimum atomic E-state index is -0.361. The second kappa shape index (κ2) is 12.1. The molecule has 0 fully saturated rings. The van der Waals surface area contributed by atoms with Crippen LogP contribution in [-0.4, -0.2) is 45.9 Å². The van der Waals surface area contributed by atoms with Crippen molar-refractivity contribution in [2.75, 3.05) is 24.2 Å². The first-order chi connectivity index (χ1) is 16.3. The van der Waals surface area contributed by atoms with Crippen molar-refractivity contribution in [3.63, 3.8) is 0 Å². The number of aromatic nitrogens is 3. The van der Waals surface area contributed by atoms with Crippen LogP contribution in [0, 0.1) is 0 Å². The lowest BCUT2D eigenvalue weighted by Gasteiger charge is -2.19. The number of nitrogens with one attached hydrogen (secondary N) is 2. The van der Waals surface area contributed by atoms with Gasteiger partial charge in [0.15, 0.2) is 5.16 Å². The van der Waals surface area contributed by atoms with Crippen LogP contribution in [0.2, 0.25) is 0 Å². The fraction of sp³-hybridized carbons (Fsp3) is 0.320. The standard InChI is InChI=1S/C25H29N5O3S/c1-25(2,3)18-8-10-19(11-9-18)29-23(32)27-14-6-16-33-22(31)17-34-24-28-15-12-21(30-24)20-7-4-5-13-26-20/h4-5,7-13,15H,6,14,16-17H2,1-3H3,(H2,27,29,32). The fourth-order valence-electron chi connectivity index (χ4n) is 2.92. The zero-order chi connectivity index (χ0) is 24.4. The van der Waals surface area contributed by atoms with Crippen LogP contribution in [0.25, 0.3) is 11.4 Å². The Hall–Kier alpha value is -3.46. The van der Waals surface area contributed by atoms with Crippen molar-refractivity contribution in [1.82, 2.24) is 20.3 Å². The molecule has 0 aliphatic heterocycles. The first-order valence-corrected chi connectivity index (χ1v) is 12.0. The Morgan fingerprint density at radius 2 is 1.76 bits per heavy atom. The molecule has 2 heterocycles. The van der Waals surface area contributed by atoms with E-state index in [0.29, 0.717) is 23.8 Å². The zero-order valence-electron chi connectivity index (χ0n) is 19.6. The Morgan fingerprint density at radius 3 is 2.47 bits per heavy atom. The number of esters is 1. The summed E-state index contributed by atoms with van der Waals surface area (Å²) in [5.41, 5.74) is 3.43. The number of urea groups is 1. The highest BCUT2D eigenvalue weighted by Crippen LogP contribution is 2.23. The molecule has 0 unspecified atom stereocenters. The molecule has 0 atom stereocenters.